The van der Waals surface area contributed by atoms with Crippen LogP contribution in [0.2, 0.25) is 0 Å². The fraction of sp³-hybridized carbons (Fsp3) is 0.0714. The lowest BCUT2D eigenvalue weighted by Gasteiger charge is -2.17. The first-order valence-corrected chi connectivity index (χ1v) is 6.30. The smallest absolute Gasteiger partial charge is 0.259 e. The van der Waals surface area contributed by atoms with Crippen molar-refractivity contribution >= 4 is 27.5 Å². The molecule has 0 N–H and O–H groups in total. The summed E-state index contributed by atoms with van der Waals surface area (Å²) in [5.74, 6) is -0.177. The van der Waals surface area contributed by atoms with Crippen LogP contribution in [0.5, 0.6) is 0 Å². The molecule has 0 spiro atoms. The Labute approximate surface area is 119 Å². The maximum Gasteiger partial charge on any atom is 0.259 e. The molecule has 94 valence electrons. The van der Waals surface area contributed by atoms with Gasteiger partial charge in [0.05, 0.1) is 17.2 Å². The Morgan fingerprint density at radius 1 is 1.37 bits per heavy atom. The summed E-state index contributed by atoms with van der Waals surface area (Å²) in [4.78, 5) is 17.7. The lowest BCUT2D eigenvalue weighted by atomic mass is 10.2. The molecule has 19 heavy (non-hydrogen) atoms. The van der Waals surface area contributed by atoms with Crippen LogP contribution in [0.1, 0.15) is 15.9 Å². The van der Waals surface area contributed by atoms with E-state index in [1.807, 2.05) is 0 Å². The number of rotatable bonds is 2. The van der Waals surface area contributed by atoms with Crippen LogP contribution < -0.4 is 4.90 Å². The van der Waals surface area contributed by atoms with Crippen LogP contribution in [0.3, 0.4) is 0 Å². The lowest BCUT2D eigenvalue weighted by Crippen LogP contribution is -2.26. The van der Waals surface area contributed by atoms with Gasteiger partial charge < -0.3 is 4.90 Å². The maximum atomic E-state index is 12.3. The third-order valence-electron chi connectivity index (χ3n) is 2.62. The number of aromatic nitrogens is 1. The van der Waals surface area contributed by atoms with E-state index < -0.39 is 0 Å². The Morgan fingerprint density at radius 3 is 2.84 bits per heavy atom. The number of amides is 1. The molecule has 0 aliphatic heterocycles. The van der Waals surface area contributed by atoms with E-state index in [-0.39, 0.29) is 5.91 Å². The van der Waals surface area contributed by atoms with Crippen LogP contribution in [0, 0.1) is 11.3 Å². The fourth-order valence-corrected chi connectivity index (χ4v) is 1.99. The van der Waals surface area contributed by atoms with E-state index in [0.717, 1.165) is 4.47 Å². The van der Waals surface area contributed by atoms with Crippen molar-refractivity contribution in [3.8, 4) is 6.07 Å². The van der Waals surface area contributed by atoms with Gasteiger partial charge in [0.15, 0.2) is 0 Å². The zero-order valence-electron chi connectivity index (χ0n) is 10.2. The van der Waals surface area contributed by atoms with Crippen LogP contribution in [-0.4, -0.2) is 17.9 Å². The Hall–Kier alpha value is -2.19. The van der Waals surface area contributed by atoms with Crippen molar-refractivity contribution in [3.63, 3.8) is 0 Å². The van der Waals surface area contributed by atoms with Crippen molar-refractivity contribution in [2.75, 3.05) is 11.9 Å². The second-order valence-electron chi connectivity index (χ2n) is 3.92. The summed E-state index contributed by atoms with van der Waals surface area (Å²) in [5, 5.41) is 8.87. The molecule has 1 aromatic heterocycles. The highest BCUT2D eigenvalue weighted by Gasteiger charge is 2.14. The number of benzene rings is 1. The Balaban J connectivity index is 2.31. The van der Waals surface area contributed by atoms with Crippen molar-refractivity contribution in [1.82, 2.24) is 4.98 Å². The van der Waals surface area contributed by atoms with Crippen molar-refractivity contribution in [1.29, 1.82) is 5.26 Å². The molecule has 4 nitrogen and oxygen atoms in total. The molecule has 2 aromatic rings. The molecule has 1 amide bonds. The minimum absolute atomic E-state index is 0.177. The molecule has 0 atom stereocenters. The zero-order valence-corrected chi connectivity index (χ0v) is 11.8. The van der Waals surface area contributed by atoms with Crippen LogP contribution in [0.4, 0.5) is 5.69 Å². The summed E-state index contributed by atoms with van der Waals surface area (Å²) < 4.78 is 0.748. The van der Waals surface area contributed by atoms with E-state index in [1.165, 1.54) is 11.1 Å². The Morgan fingerprint density at radius 2 is 2.16 bits per heavy atom. The largest absolute Gasteiger partial charge is 0.311 e. The van der Waals surface area contributed by atoms with Gasteiger partial charge in [-0.3, -0.25) is 9.78 Å². The first kappa shape index (κ1) is 13.2. The highest BCUT2D eigenvalue weighted by molar-refractivity contribution is 9.10. The summed E-state index contributed by atoms with van der Waals surface area (Å²) in [5.41, 5.74) is 1.67. The number of pyridine rings is 1. The van der Waals surface area contributed by atoms with E-state index in [2.05, 4.69) is 27.0 Å². The van der Waals surface area contributed by atoms with Crippen LogP contribution >= 0.6 is 15.9 Å². The predicted molar refractivity (Wildman–Crippen MR) is 75.8 cm³/mol. The second kappa shape index (κ2) is 5.63. The molecule has 0 unspecified atom stereocenters. The molecular formula is C14H10BrN3O. The van der Waals surface area contributed by atoms with Gasteiger partial charge in [0.2, 0.25) is 0 Å². The molecule has 1 aromatic carbocycles. The SMILES string of the molecule is CN(C(=O)c1cncc(Br)c1)c1cccc(C#N)c1. The quantitative estimate of drug-likeness (QED) is 0.856. The van der Waals surface area contributed by atoms with Crippen LogP contribution in [-0.2, 0) is 0 Å². The number of nitriles is 1. The topological polar surface area (TPSA) is 57.0 Å². The molecule has 0 bridgehead atoms. The molecule has 5 heteroatoms. The monoisotopic (exact) mass is 315 g/mol. The maximum absolute atomic E-state index is 12.3. The van der Waals surface area contributed by atoms with Gasteiger partial charge in [-0.05, 0) is 40.2 Å². The molecule has 0 fully saturated rings. The zero-order chi connectivity index (χ0) is 13.8. The number of hydrogen-bond acceptors (Lipinski definition) is 3. The Bertz CT molecular complexity index is 664. The predicted octanol–water partition coefficient (Wildman–Crippen LogP) is 2.99. The third-order valence-corrected chi connectivity index (χ3v) is 3.05. The number of anilines is 1. The van der Waals surface area contributed by atoms with Gasteiger partial charge in [-0.2, -0.15) is 5.26 Å². The molecule has 1 heterocycles. The van der Waals surface area contributed by atoms with E-state index in [4.69, 9.17) is 5.26 Å². The van der Waals surface area contributed by atoms with Crippen molar-refractivity contribution in [3.05, 3.63) is 58.3 Å². The second-order valence-corrected chi connectivity index (χ2v) is 4.83. The first-order chi connectivity index (χ1) is 9.11. The van der Waals surface area contributed by atoms with Crippen molar-refractivity contribution in [2.24, 2.45) is 0 Å². The summed E-state index contributed by atoms with van der Waals surface area (Å²) in [6.45, 7) is 0. The fourth-order valence-electron chi connectivity index (χ4n) is 1.62. The number of hydrogen-bond donors (Lipinski definition) is 0. The van der Waals surface area contributed by atoms with E-state index in [0.29, 0.717) is 16.8 Å². The summed E-state index contributed by atoms with van der Waals surface area (Å²) >= 11 is 3.28. The molecule has 0 saturated heterocycles. The third kappa shape index (κ3) is 2.98. The van der Waals surface area contributed by atoms with Crippen LogP contribution in [0.25, 0.3) is 0 Å². The van der Waals surface area contributed by atoms with Gasteiger partial charge >= 0.3 is 0 Å². The van der Waals surface area contributed by atoms with Crippen molar-refractivity contribution in [2.45, 2.75) is 0 Å². The summed E-state index contributed by atoms with van der Waals surface area (Å²) in [7, 11) is 1.67. The van der Waals surface area contributed by atoms with Gasteiger partial charge in [-0.15, -0.1) is 0 Å². The minimum atomic E-state index is -0.177. The van der Waals surface area contributed by atoms with Gasteiger partial charge in [-0.1, -0.05) is 6.07 Å². The minimum Gasteiger partial charge on any atom is -0.311 e. The van der Waals surface area contributed by atoms with E-state index in [1.54, 1.807) is 43.6 Å². The highest BCUT2D eigenvalue weighted by Crippen LogP contribution is 2.18. The Kier molecular flexibility index (Phi) is 3.93. The normalized spacial score (nSPS) is 9.74. The number of nitrogens with zero attached hydrogens (tertiary/aromatic N) is 3. The molecule has 0 saturated carbocycles. The first-order valence-electron chi connectivity index (χ1n) is 5.50. The van der Waals surface area contributed by atoms with E-state index in [9.17, 15) is 4.79 Å². The standard InChI is InChI=1S/C14H10BrN3O/c1-18(13-4-2-3-10(5-13)7-16)14(19)11-6-12(15)9-17-8-11/h2-6,8-9H,1H3. The average molecular weight is 316 g/mol. The highest BCUT2D eigenvalue weighted by atomic mass is 79.9. The number of carbonyl (C=O) groups excluding carboxylic acids is 1. The van der Waals surface area contributed by atoms with Gasteiger partial charge in [0.25, 0.3) is 5.91 Å². The van der Waals surface area contributed by atoms with Gasteiger partial charge in [0.1, 0.15) is 0 Å². The van der Waals surface area contributed by atoms with Gasteiger partial charge in [-0.25, -0.2) is 0 Å². The number of halogens is 1. The average Bonchev–Trinajstić information content (AvgIpc) is 2.45. The van der Waals surface area contributed by atoms with Crippen LogP contribution in [0.15, 0.2) is 47.2 Å². The molecule has 2 rings (SSSR count). The van der Waals surface area contributed by atoms with Gasteiger partial charge in [0, 0.05) is 29.6 Å². The lowest BCUT2D eigenvalue weighted by molar-refractivity contribution is 0.0992. The summed E-state index contributed by atoms with van der Waals surface area (Å²) in [6.07, 6.45) is 3.13. The number of carbonyl (C=O) groups is 1. The van der Waals surface area contributed by atoms with E-state index >= 15 is 0 Å². The molecule has 0 aliphatic rings. The van der Waals surface area contributed by atoms with Crippen molar-refractivity contribution < 1.29 is 4.79 Å². The molecular weight excluding hydrogens is 306 g/mol. The molecule has 0 radical (unpaired) electrons. The molecule has 0 aliphatic carbocycles. The summed E-state index contributed by atoms with van der Waals surface area (Å²) in [6, 6.07) is 10.7.